The third-order valence-corrected chi connectivity index (χ3v) is 5.39. The number of anilines is 3. The van der Waals surface area contributed by atoms with Crippen molar-refractivity contribution in [3.63, 3.8) is 0 Å². The monoisotopic (exact) mass is 416 g/mol. The van der Waals surface area contributed by atoms with Crippen LogP contribution < -0.4 is 16.4 Å². The molecule has 2 amide bonds. The number of aryl methyl sites for hydroxylation is 1. The Morgan fingerprint density at radius 3 is 2.67 bits per heavy atom. The smallest absolute Gasteiger partial charge is 0.323 e. The molecule has 0 saturated heterocycles. The number of nitrogen functional groups attached to an aromatic ring is 1. The summed E-state index contributed by atoms with van der Waals surface area (Å²) in [6.07, 6.45) is 4.02. The van der Waals surface area contributed by atoms with E-state index in [1.54, 1.807) is 6.20 Å². The average molecular weight is 417 g/mol. The van der Waals surface area contributed by atoms with Crippen LogP contribution in [0, 0.1) is 0 Å². The number of carbonyl (C=O) groups excluding carboxylic acids is 1. The SMILES string of the molecule is CCc1ccc(NC(=O)Nc2cccc(-c3csc(-c4cncnc4N)n3)c2)cc1. The highest BCUT2D eigenvalue weighted by Gasteiger charge is 2.11. The van der Waals surface area contributed by atoms with Gasteiger partial charge in [0.25, 0.3) is 0 Å². The Labute approximate surface area is 178 Å². The number of carbonyl (C=O) groups is 1. The molecule has 0 saturated carbocycles. The Bertz CT molecular complexity index is 1170. The number of urea groups is 1. The van der Waals surface area contributed by atoms with E-state index in [0.717, 1.165) is 28.4 Å². The van der Waals surface area contributed by atoms with E-state index in [2.05, 4.69) is 32.5 Å². The molecule has 7 nitrogen and oxygen atoms in total. The van der Waals surface area contributed by atoms with Gasteiger partial charge in [0.15, 0.2) is 0 Å². The molecule has 0 aliphatic carbocycles. The van der Waals surface area contributed by atoms with Crippen LogP contribution in [0.2, 0.25) is 0 Å². The van der Waals surface area contributed by atoms with Gasteiger partial charge >= 0.3 is 6.03 Å². The molecule has 2 aromatic heterocycles. The lowest BCUT2D eigenvalue weighted by atomic mass is 10.1. The maximum Gasteiger partial charge on any atom is 0.323 e. The number of nitrogens with two attached hydrogens (primary N) is 1. The highest BCUT2D eigenvalue weighted by Crippen LogP contribution is 2.31. The van der Waals surface area contributed by atoms with E-state index >= 15 is 0 Å². The number of nitrogens with one attached hydrogen (secondary N) is 2. The van der Waals surface area contributed by atoms with Crippen LogP contribution in [-0.2, 0) is 6.42 Å². The molecule has 2 aromatic carbocycles. The number of nitrogens with zero attached hydrogens (tertiary/aromatic N) is 3. The first-order chi connectivity index (χ1) is 14.6. The molecule has 2 heterocycles. The van der Waals surface area contributed by atoms with Crippen LogP contribution >= 0.6 is 11.3 Å². The lowest BCUT2D eigenvalue weighted by molar-refractivity contribution is 0.262. The molecule has 8 heteroatoms. The second kappa shape index (κ2) is 8.71. The molecule has 0 aliphatic heterocycles. The van der Waals surface area contributed by atoms with Gasteiger partial charge in [0.2, 0.25) is 0 Å². The molecule has 0 bridgehead atoms. The minimum atomic E-state index is -0.301. The van der Waals surface area contributed by atoms with Crippen LogP contribution in [0.25, 0.3) is 21.8 Å². The lowest BCUT2D eigenvalue weighted by Crippen LogP contribution is -2.19. The molecular formula is C22H20N6OS. The van der Waals surface area contributed by atoms with Crippen molar-refractivity contribution in [1.82, 2.24) is 15.0 Å². The second-order valence-electron chi connectivity index (χ2n) is 6.57. The van der Waals surface area contributed by atoms with Gasteiger partial charge in [0.05, 0.1) is 11.3 Å². The highest BCUT2D eigenvalue weighted by atomic mass is 32.1. The topological polar surface area (TPSA) is 106 Å². The van der Waals surface area contributed by atoms with E-state index in [4.69, 9.17) is 5.73 Å². The zero-order valence-corrected chi connectivity index (χ0v) is 17.1. The Morgan fingerprint density at radius 1 is 1.10 bits per heavy atom. The van der Waals surface area contributed by atoms with Crippen LogP contribution in [0.15, 0.2) is 66.4 Å². The maximum atomic E-state index is 12.3. The van der Waals surface area contributed by atoms with Crippen molar-refractivity contribution < 1.29 is 4.79 Å². The second-order valence-corrected chi connectivity index (χ2v) is 7.43. The molecule has 150 valence electrons. The molecule has 4 rings (SSSR count). The lowest BCUT2D eigenvalue weighted by Gasteiger charge is -2.09. The van der Waals surface area contributed by atoms with E-state index in [0.29, 0.717) is 17.1 Å². The fourth-order valence-corrected chi connectivity index (χ4v) is 3.75. The number of aromatic nitrogens is 3. The molecule has 0 fully saturated rings. The summed E-state index contributed by atoms with van der Waals surface area (Å²) in [6, 6.07) is 15.0. The zero-order valence-electron chi connectivity index (χ0n) is 16.3. The largest absolute Gasteiger partial charge is 0.383 e. The number of thiazole rings is 1. The Hall–Kier alpha value is -3.78. The van der Waals surface area contributed by atoms with Gasteiger partial charge in [-0.15, -0.1) is 11.3 Å². The van der Waals surface area contributed by atoms with Gasteiger partial charge in [-0.05, 0) is 36.2 Å². The van der Waals surface area contributed by atoms with Crippen LogP contribution in [0.1, 0.15) is 12.5 Å². The molecule has 0 atom stereocenters. The van der Waals surface area contributed by atoms with Crippen molar-refractivity contribution in [3.05, 3.63) is 72.0 Å². The minimum absolute atomic E-state index is 0.301. The summed E-state index contributed by atoms with van der Waals surface area (Å²) in [4.78, 5) is 25.0. The van der Waals surface area contributed by atoms with Crippen molar-refractivity contribution in [2.24, 2.45) is 0 Å². The predicted octanol–water partition coefficient (Wildman–Crippen LogP) is 5.06. The average Bonchev–Trinajstić information content (AvgIpc) is 3.25. The van der Waals surface area contributed by atoms with Gasteiger partial charge in [0, 0.05) is 28.5 Å². The Balaban J connectivity index is 1.47. The Kier molecular flexibility index (Phi) is 5.67. The maximum absolute atomic E-state index is 12.3. The summed E-state index contributed by atoms with van der Waals surface area (Å²) in [5.74, 6) is 0.393. The van der Waals surface area contributed by atoms with Crippen molar-refractivity contribution >= 4 is 34.6 Å². The fraction of sp³-hybridized carbons (Fsp3) is 0.0909. The van der Waals surface area contributed by atoms with Crippen molar-refractivity contribution in [2.45, 2.75) is 13.3 Å². The van der Waals surface area contributed by atoms with Crippen molar-refractivity contribution in [1.29, 1.82) is 0 Å². The van der Waals surface area contributed by atoms with E-state index in [1.165, 1.54) is 23.2 Å². The molecule has 0 spiro atoms. The molecule has 4 aromatic rings. The standard InChI is InChI=1S/C22H20N6OS/c1-2-14-6-8-16(9-7-14)26-22(29)27-17-5-3-4-15(10-17)19-12-30-21(28-19)18-11-24-13-25-20(18)23/h3-13H,2H2,1H3,(H2,23,24,25)(H2,26,27,29). The number of rotatable bonds is 5. The number of hydrogen-bond donors (Lipinski definition) is 3. The third kappa shape index (κ3) is 4.44. The predicted molar refractivity (Wildman–Crippen MR) is 121 cm³/mol. The first kappa shape index (κ1) is 19.5. The normalized spacial score (nSPS) is 10.6. The summed E-state index contributed by atoms with van der Waals surface area (Å²) in [5, 5.41) is 8.39. The van der Waals surface area contributed by atoms with Crippen LogP contribution in [-0.4, -0.2) is 21.0 Å². The minimum Gasteiger partial charge on any atom is -0.383 e. The number of hydrogen-bond acceptors (Lipinski definition) is 6. The zero-order chi connectivity index (χ0) is 20.9. The van der Waals surface area contributed by atoms with Crippen LogP contribution in [0.5, 0.6) is 0 Å². The van der Waals surface area contributed by atoms with E-state index < -0.39 is 0 Å². The van der Waals surface area contributed by atoms with E-state index in [-0.39, 0.29) is 6.03 Å². The molecule has 4 N–H and O–H groups in total. The number of amides is 2. The summed E-state index contributed by atoms with van der Waals surface area (Å²) in [5.41, 5.74) is 10.9. The van der Waals surface area contributed by atoms with E-state index in [1.807, 2.05) is 53.9 Å². The van der Waals surface area contributed by atoms with Crippen molar-refractivity contribution in [2.75, 3.05) is 16.4 Å². The fourth-order valence-electron chi connectivity index (χ4n) is 2.91. The number of benzene rings is 2. The molecule has 0 unspecified atom stereocenters. The van der Waals surface area contributed by atoms with Gasteiger partial charge in [0.1, 0.15) is 17.2 Å². The molecule has 0 radical (unpaired) electrons. The van der Waals surface area contributed by atoms with Crippen LogP contribution in [0.4, 0.5) is 22.0 Å². The van der Waals surface area contributed by atoms with E-state index in [9.17, 15) is 4.79 Å². The highest BCUT2D eigenvalue weighted by molar-refractivity contribution is 7.13. The van der Waals surface area contributed by atoms with Gasteiger partial charge < -0.3 is 16.4 Å². The summed E-state index contributed by atoms with van der Waals surface area (Å²) in [6.45, 7) is 2.09. The summed E-state index contributed by atoms with van der Waals surface area (Å²) < 4.78 is 0. The molecule has 30 heavy (non-hydrogen) atoms. The quantitative estimate of drug-likeness (QED) is 0.422. The van der Waals surface area contributed by atoms with Gasteiger partial charge in [-0.2, -0.15) is 0 Å². The molecular weight excluding hydrogens is 396 g/mol. The summed E-state index contributed by atoms with van der Waals surface area (Å²) >= 11 is 1.47. The first-order valence-electron chi connectivity index (χ1n) is 9.41. The van der Waals surface area contributed by atoms with Gasteiger partial charge in [-0.1, -0.05) is 31.2 Å². The van der Waals surface area contributed by atoms with Crippen molar-refractivity contribution in [3.8, 4) is 21.8 Å². The Morgan fingerprint density at radius 2 is 1.90 bits per heavy atom. The third-order valence-electron chi connectivity index (χ3n) is 4.51. The summed E-state index contributed by atoms with van der Waals surface area (Å²) in [7, 11) is 0. The van der Waals surface area contributed by atoms with Crippen LogP contribution in [0.3, 0.4) is 0 Å². The van der Waals surface area contributed by atoms with Gasteiger partial charge in [-0.25, -0.2) is 19.7 Å². The molecule has 0 aliphatic rings. The first-order valence-corrected chi connectivity index (χ1v) is 10.3. The van der Waals surface area contributed by atoms with Gasteiger partial charge in [-0.3, -0.25) is 0 Å².